The Hall–Kier alpha value is -3.43. The number of carbonyl (C=O) groups is 2. The van der Waals surface area contributed by atoms with Crippen molar-refractivity contribution in [3.8, 4) is 0 Å². The molecule has 3 aliphatic rings. The summed E-state index contributed by atoms with van der Waals surface area (Å²) in [6.07, 6.45) is -7.95. The fourth-order valence-electron chi connectivity index (χ4n) is 6.64. The summed E-state index contributed by atoms with van der Waals surface area (Å²) in [5, 5.41) is 17.8. The lowest BCUT2D eigenvalue weighted by atomic mass is 9.85. The monoisotopic (exact) mass is 734 g/mol. The predicted octanol–water partition coefficient (Wildman–Crippen LogP) is 6.86. The molecule has 0 bridgehead atoms. The van der Waals surface area contributed by atoms with Crippen molar-refractivity contribution in [1.29, 1.82) is 0 Å². The van der Waals surface area contributed by atoms with Crippen molar-refractivity contribution in [1.82, 2.24) is 20.2 Å². The molecule has 3 fully saturated rings. The van der Waals surface area contributed by atoms with E-state index in [1.807, 2.05) is 11.4 Å². The Kier molecular flexibility index (Phi) is 9.19. The molecule has 2 aromatic carbocycles. The van der Waals surface area contributed by atoms with Crippen LogP contribution in [0.25, 0.3) is 11.0 Å². The maximum absolute atomic E-state index is 13.7. The van der Waals surface area contributed by atoms with E-state index in [-0.39, 0.29) is 59.0 Å². The van der Waals surface area contributed by atoms with Crippen LogP contribution in [0.3, 0.4) is 0 Å². The number of aryl methyl sites for hydroxylation is 1. The lowest BCUT2D eigenvalue weighted by molar-refractivity contribution is -0.245. The topological polar surface area (TPSA) is 112 Å². The predicted molar refractivity (Wildman–Crippen MR) is 172 cm³/mol. The number of aliphatic hydroxyl groups is 1. The highest BCUT2D eigenvalue weighted by molar-refractivity contribution is 6.39. The summed E-state index contributed by atoms with van der Waals surface area (Å²) in [6.45, 7) is 1.46. The van der Waals surface area contributed by atoms with E-state index >= 15 is 0 Å². The van der Waals surface area contributed by atoms with Crippen molar-refractivity contribution in [2.24, 2.45) is 24.8 Å². The van der Waals surface area contributed by atoms with Crippen LogP contribution in [0, 0.1) is 17.8 Å². The van der Waals surface area contributed by atoms with Gasteiger partial charge in [-0.15, -0.1) is 0 Å². The van der Waals surface area contributed by atoms with E-state index < -0.39 is 42.2 Å². The van der Waals surface area contributed by atoms with Crippen LogP contribution in [0.1, 0.15) is 54.9 Å². The van der Waals surface area contributed by atoms with Gasteiger partial charge in [-0.1, -0.05) is 29.3 Å². The molecular weight excluding hydrogens is 701 g/mol. The SMILES string of the molecule is Cn1c(Nc2c(Cl)ccc(CNC(=O)[C@](C)(O)C(F)(F)F)c2Cl)nc2cc(C(=O)N[C@H]3CC[C@H](C(F)(F)F)CC3)c(N3CC4CC4C3)cc21. The number of amides is 2. The summed E-state index contributed by atoms with van der Waals surface area (Å²) in [6, 6.07) is 5.97. The van der Waals surface area contributed by atoms with Gasteiger partial charge in [0.2, 0.25) is 11.5 Å². The number of nitrogens with zero attached hydrogens (tertiary/aromatic N) is 3. The molecule has 266 valence electrons. The molecule has 4 N–H and O–H groups in total. The summed E-state index contributed by atoms with van der Waals surface area (Å²) >= 11 is 13.0. The zero-order chi connectivity index (χ0) is 35.6. The Morgan fingerprint density at radius 1 is 1.02 bits per heavy atom. The van der Waals surface area contributed by atoms with Crippen molar-refractivity contribution < 1.29 is 41.0 Å². The summed E-state index contributed by atoms with van der Waals surface area (Å²) < 4.78 is 80.6. The standard InChI is InChI=1S/C32H34Cl2F6N6O3/c1-30(49,32(38,39)40)28(48)41-12-15-3-8-21(33)26(25(15)34)44-29-43-22-10-20(27(47)42-19-6-4-18(5-7-19)31(35,36)37)23(11-24(22)45(29)2)46-13-16-9-17(16)14-46/h3,8,10-11,16-19,49H,4-7,9,12-14H2,1-2H3,(H,41,48)(H,42,47)(H,43,44)/t16?,17?,18-,19-,30-/m0/s1. The van der Waals surface area contributed by atoms with Crippen molar-refractivity contribution >= 4 is 63.4 Å². The van der Waals surface area contributed by atoms with Gasteiger partial charge in [0.15, 0.2) is 0 Å². The van der Waals surface area contributed by atoms with Gasteiger partial charge in [0.05, 0.1) is 43.9 Å². The highest BCUT2D eigenvalue weighted by Crippen LogP contribution is 2.47. The van der Waals surface area contributed by atoms with E-state index in [9.17, 15) is 41.0 Å². The fourth-order valence-corrected chi connectivity index (χ4v) is 7.17. The maximum atomic E-state index is 13.7. The summed E-state index contributed by atoms with van der Waals surface area (Å²) in [5.74, 6) is -2.05. The number of rotatable bonds is 8. The first-order valence-electron chi connectivity index (χ1n) is 15.8. The molecule has 0 radical (unpaired) electrons. The second-order valence-electron chi connectivity index (χ2n) is 13.4. The molecule has 1 aromatic heterocycles. The Bertz CT molecular complexity index is 1780. The zero-order valence-electron chi connectivity index (χ0n) is 26.4. The summed E-state index contributed by atoms with van der Waals surface area (Å²) in [5.41, 5.74) is -1.10. The van der Waals surface area contributed by atoms with Gasteiger partial charge < -0.3 is 30.5 Å². The van der Waals surface area contributed by atoms with Gasteiger partial charge in [0, 0.05) is 32.7 Å². The molecule has 1 aliphatic heterocycles. The molecule has 2 heterocycles. The molecule has 2 amide bonds. The number of halogens is 8. The van der Waals surface area contributed by atoms with E-state index in [1.165, 1.54) is 12.1 Å². The van der Waals surface area contributed by atoms with Crippen LogP contribution in [0.15, 0.2) is 24.3 Å². The van der Waals surface area contributed by atoms with Crippen LogP contribution in [0.5, 0.6) is 0 Å². The van der Waals surface area contributed by atoms with Crippen molar-refractivity contribution in [2.75, 3.05) is 23.3 Å². The van der Waals surface area contributed by atoms with Crippen molar-refractivity contribution in [3.05, 3.63) is 45.4 Å². The molecule has 1 saturated heterocycles. The molecule has 0 spiro atoms. The summed E-state index contributed by atoms with van der Waals surface area (Å²) in [4.78, 5) is 32.6. The number of imidazole rings is 1. The van der Waals surface area contributed by atoms with E-state index in [0.717, 1.165) is 19.5 Å². The highest BCUT2D eigenvalue weighted by Gasteiger charge is 2.55. The van der Waals surface area contributed by atoms with Gasteiger partial charge in [-0.05, 0) is 74.6 Å². The first-order valence-corrected chi connectivity index (χ1v) is 16.5. The quantitative estimate of drug-likeness (QED) is 0.188. The first kappa shape index (κ1) is 35.4. The molecule has 2 saturated carbocycles. The molecular formula is C32H34Cl2F6N6O3. The van der Waals surface area contributed by atoms with Crippen molar-refractivity contribution in [2.45, 2.75) is 69.6 Å². The smallest absolute Gasteiger partial charge is 0.373 e. The third kappa shape index (κ3) is 6.98. The first-order chi connectivity index (χ1) is 22.8. The minimum atomic E-state index is -5.19. The largest absolute Gasteiger partial charge is 0.426 e. The third-order valence-electron chi connectivity index (χ3n) is 9.93. The Balaban J connectivity index is 1.25. The molecule has 49 heavy (non-hydrogen) atoms. The van der Waals surface area contributed by atoms with Crippen LogP contribution in [-0.2, 0) is 18.4 Å². The maximum Gasteiger partial charge on any atom is 0.426 e. The average Bonchev–Trinajstić information content (AvgIpc) is 3.51. The minimum Gasteiger partial charge on any atom is -0.373 e. The number of hydrogen-bond acceptors (Lipinski definition) is 6. The normalized spacial score (nSPS) is 23.6. The van der Waals surface area contributed by atoms with Gasteiger partial charge in [0.25, 0.3) is 11.8 Å². The number of aromatic nitrogens is 2. The minimum absolute atomic E-state index is 0.0104. The molecule has 2 unspecified atom stereocenters. The van der Waals surface area contributed by atoms with Gasteiger partial charge >= 0.3 is 12.4 Å². The van der Waals surface area contributed by atoms with E-state index in [4.69, 9.17) is 23.2 Å². The van der Waals surface area contributed by atoms with E-state index in [1.54, 1.807) is 17.7 Å². The molecule has 6 rings (SSSR count). The molecule has 17 heteroatoms. The van der Waals surface area contributed by atoms with Crippen LogP contribution >= 0.6 is 23.2 Å². The number of fused-ring (bicyclic) bond motifs is 2. The summed E-state index contributed by atoms with van der Waals surface area (Å²) in [7, 11) is 1.73. The molecule has 3 atom stereocenters. The molecule has 2 aliphatic carbocycles. The van der Waals surface area contributed by atoms with Gasteiger partial charge in [-0.3, -0.25) is 9.59 Å². The number of alkyl halides is 6. The van der Waals surface area contributed by atoms with Crippen LogP contribution in [0.4, 0.5) is 43.7 Å². The number of hydrogen-bond donors (Lipinski definition) is 4. The number of anilines is 3. The lowest BCUT2D eigenvalue weighted by Gasteiger charge is -2.31. The lowest BCUT2D eigenvalue weighted by Crippen LogP contribution is -2.54. The highest BCUT2D eigenvalue weighted by atomic mass is 35.5. The Morgan fingerprint density at radius 3 is 2.29 bits per heavy atom. The second-order valence-corrected chi connectivity index (χ2v) is 14.1. The molecule has 9 nitrogen and oxygen atoms in total. The fraction of sp³-hybridized carbons (Fsp3) is 0.531. The average molecular weight is 736 g/mol. The van der Waals surface area contributed by atoms with E-state index in [2.05, 4.69) is 20.5 Å². The zero-order valence-corrected chi connectivity index (χ0v) is 27.9. The van der Waals surface area contributed by atoms with E-state index in [0.29, 0.717) is 41.0 Å². The van der Waals surface area contributed by atoms with Crippen molar-refractivity contribution in [3.63, 3.8) is 0 Å². The third-order valence-corrected chi connectivity index (χ3v) is 10.7. The number of piperidine rings is 1. The van der Waals surface area contributed by atoms with Crippen LogP contribution in [-0.4, -0.2) is 63.6 Å². The second kappa shape index (κ2) is 12.7. The van der Waals surface area contributed by atoms with Gasteiger partial charge in [-0.2, -0.15) is 26.3 Å². The number of nitrogens with one attached hydrogen (secondary N) is 3. The number of carbonyl (C=O) groups excluding carboxylic acids is 2. The molecule has 3 aromatic rings. The van der Waals surface area contributed by atoms with Gasteiger partial charge in [-0.25, -0.2) is 4.98 Å². The van der Waals surface area contributed by atoms with Gasteiger partial charge in [0.1, 0.15) is 0 Å². The Labute approximate surface area is 287 Å². The van der Waals surface area contributed by atoms with Crippen LogP contribution < -0.4 is 20.9 Å². The van der Waals surface area contributed by atoms with Crippen LogP contribution in [0.2, 0.25) is 10.0 Å². The number of benzene rings is 2. The Morgan fingerprint density at radius 2 is 1.67 bits per heavy atom.